The lowest BCUT2D eigenvalue weighted by atomic mass is 10.2. The van der Waals surface area contributed by atoms with Crippen molar-refractivity contribution in [2.45, 2.75) is 0 Å². The summed E-state index contributed by atoms with van der Waals surface area (Å²) in [5.74, 6) is 5.59. The summed E-state index contributed by atoms with van der Waals surface area (Å²) in [5, 5.41) is 4.42. The molecule has 0 amide bonds. The molecule has 13 heavy (non-hydrogen) atoms. The van der Waals surface area contributed by atoms with E-state index < -0.39 is 0 Å². The first-order chi connectivity index (χ1) is 6.29. The van der Waals surface area contributed by atoms with E-state index >= 15 is 0 Å². The lowest BCUT2D eigenvalue weighted by molar-refractivity contribution is 0.840. The Morgan fingerprint density at radius 1 is 1.23 bits per heavy atom. The Morgan fingerprint density at radius 2 is 1.92 bits per heavy atom. The fourth-order valence-corrected chi connectivity index (χ4v) is 1.45. The highest BCUT2D eigenvalue weighted by atomic mass is 35.5. The number of hydrogen-bond acceptors (Lipinski definition) is 2. The number of nitrogen functional groups attached to an aromatic ring is 1. The molecular formula is C9H8ClN3. The molecule has 2 rings (SSSR count). The lowest BCUT2D eigenvalue weighted by Crippen LogP contribution is -2.11. The number of nitrogens with zero attached hydrogens (tertiary/aromatic N) is 2. The quantitative estimate of drug-likeness (QED) is 0.704. The van der Waals surface area contributed by atoms with Crippen molar-refractivity contribution >= 4 is 11.6 Å². The molecule has 3 nitrogen and oxygen atoms in total. The van der Waals surface area contributed by atoms with Crippen molar-refractivity contribution in [2.24, 2.45) is 0 Å². The van der Waals surface area contributed by atoms with E-state index in [1.54, 1.807) is 0 Å². The van der Waals surface area contributed by atoms with Crippen molar-refractivity contribution in [3.63, 3.8) is 0 Å². The molecule has 0 fully saturated rings. The van der Waals surface area contributed by atoms with Crippen LogP contribution in [0, 0.1) is 0 Å². The van der Waals surface area contributed by atoms with Gasteiger partial charge in [-0.3, -0.25) is 0 Å². The Hall–Kier alpha value is -1.48. The molecule has 4 heteroatoms. The Bertz CT molecular complexity index is 389. The molecule has 0 radical (unpaired) electrons. The number of benzene rings is 1. The van der Waals surface area contributed by atoms with Crippen molar-refractivity contribution in [2.75, 3.05) is 5.84 Å². The molecular weight excluding hydrogens is 186 g/mol. The van der Waals surface area contributed by atoms with Crippen LogP contribution in [0.2, 0.25) is 5.02 Å². The summed E-state index contributed by atoms with van der Waals surface area (Å²) >= 11 is 5.92. The van der Waals surface area contributed by atoms with Crippen LogP contribution in [-0.2, 0) is 0 Å². The highest BCUT2D eigenvalue weighted by molar-refractivity contribution is 6.33. The van der Waals surface area contributed by atoms with Crippen LogP contribution in [0.5, 0.6) is 0 Å². The third-order valence-electron chi connectivity index (χ3n) is 1.80. The van der Waals surface area contributed by atoms with Crippen LogP contribution in [-0.4, -0.2) is 9.89 Å². The van der Waals surface area contributed by atoms with Crippen LogP contribution < -0.4 is 5.84 Å². The van der Waals surface area contributed by atoms with Crippen LogP contribution in [0.1, 0.15) is 0 Å². The summed E-state index contributed by atoms with van der Waals surface area (Å²) in [4.78, 5) is 1.28. The van der Waals surface area contributed by atoms with Gasteiger partial charge in [0.05, 0.1) is 11.2 Å². The zero-order valence-electron chi connectivity index (χ0n) is 6.81. The van der Waals surface area contributed by atoms with Gasteiger partial charge in [0.2, 0.25) is 0 Å². The van der Waals surface area contributed by atoms with Gasteiger partial charge in [-0.05, 0) is 0 Å². The molecule has 0 bridgehead atoms. The third kappa shape index (κ3) is 1.38. The number of nitrogens with two attached hydrogens (primary N) is 1. The molecule has 2 N–H and O–H groups in total. The molecule has 1 aromatic carbocycles. The van der Waals surface area contributed by atoms with Gasteiger partial charge in [-0.1, -0.05) is 41.9 Å². The monoisotopic (exact) mass is 193 g/mol. The van der Waals surface area contributed by atoms with Gasteiger partial charge in [-0.25, -0.2) is 0 Å². The average Bonchev–Trinajstić information content (AvgIpc) is 2.48. The second-order valence-electron chi connectivity index (χ2n) is 2.65. The van der Waals surface area contributed by atoms with Crippen LogP contribution in [0.3, 0.4) is 0 Å². The molecule has 1 aromatic heterocycles. The van der Waals surface area contributed by atoms with Gasteiger partial charge >= 0.3 is 0 Å². The minimum atomic E-state index is 0.564. The maximum Gasteiger partial charge on any atom is 0.110 e. The second-order valence-corrected chi connectivity index (χ2v) is 3.06. The Morgan fingerprint density at radius 3 is 2.46 bits per heavy atom. The smallest absolute Gasteiger partial charge is 0.110 e. The molecule has 2 aromatic rings. The molecule has 0 aliphatic heterocycles. The van der Waals surface area contributed by atoms with Gasteiger partial charge in [-0.15, -0.1) is 0 Å². The van der Waals surface area contributed by atoms with Gasteiger partial charge in [0.15, 0.2) is 0 Å². The zero-order valence-corrected chi connectivity index (χ0v) is 7.57. The molecule has 1 heterocycles. The first kappa shape index (κ1) is 8.13. The minimum Gasteiger partial charge on any atom is -0.323 e. The molecule has 0 aliphatic rings. The first-order valence-electron chi connectivity index (χ1n) is 3.83. The van der Waals surface area contributed by atoms with E-state index in [1.165, 1.54) is 11.0 Å². The predicted molar refractivity (Wildman–Crippen MR) is 52.8 cm³/mol. The van der Waals surface area contributed by atoms with Crippen molar-refractivity contribution < 1.29 is 0 Å². The summed E-state index contributed by atoms with van der Waals surface area (Å²) in [5.41, 5.74) is 1.70. The van der Waals surface area contributed by atoms with Crippen LogP contribution >= 0.6 is 11.6 Å². The maximum absolute atomic E-state index is 5.92. The van der Waals surface area contributed by atoms with Gasteiger partial charge in [0.1, 0.15) is 5.69 Å². The van der Waals surface area contributed by atoms with Crippen molar-refractivity contribution in [1.29, 1.82) is 0 Å². The van der Waals surface area contributed by atoms with Crippen LogP contribution in [0.4, 0.5) is 0 Å². The minimum absolute atomic E-state index is 0.564. The normalized spacial score (nSPS) is 10.2. The number of hydrogen-bond donors (Lipinski definition) is 1. The molecule has 0 saturated heterocycles. The van der Waals surface area contributed by atoms with E-state index in [9.17, 15) is 0 Å². The number of rotatable bonds is 1. The second kappa shape index (κ2) is 3.11. The summed E-state index contributed by atoms with van der Waals surface area (Å²) in [6.07, 6.45) is 1.53. The van der Waals surface area contributed by atoms with Gasteiger partial charge in [-0.2, -0.15) is 9.89 Å². The lowest BCUT2D eigenvalue weighted by Gasteiger charge is -2.01. The number of halogens is 1. The Kier molecular flexibility index (Phi) is 1.94. The van der Waals surface area contributed by atoms with E-state index in [0.29, 0.717) is 5.02 Å². The topological polar surface area (TPSA) is 43.8 Å². The molecule has 0 unspecified atom stereocenters. The maximum atomic E-state index is 5.92. The zero-order chi connectivity index (χ0) is 9.26. The van der Waals surface area contributed by atoms with E-state index in [1.807, 2.05) is 30.3 Å². The SMILES string of the molecule is Nn1ncc(Cl)c1-c1ccccc1. The van der Waals surface area contributed by atoms with Crippen molar-refractivity contribution in [1.82, 2.24) is 9.89 Å². The van der Waals surface area contributed by atoms with E-state index in [4.69, 9.17) is 17.4 Å². The largest absolute Gasteiger partial charge is 0.323 e. The Labute approximate surface area is 80.7 Å². The van der Waals surface area contributed by atoms with E-state index in [0.717, 1.165) is 11.3 Å². The van der Waals surface area contributed by atoms with Crippen molar-refractivity contribution in [3.8, 4) is 11.3 Å². The predicted octanol–water partition coefficient (Wildman–Crippen LogP) is 1.92. The Balaban J connectivity index is 2.59. The van der Waals surface area contributed by atoms with E-state index in [-0.39, 0.29) is 0 Å². The molecule has 0 saturated carbocycles. The summed E-state index contributed by atoms with van der Waals surface area (Å²) in [6, 6.07) is 9.67. The first-order valence-corrected chi connectivity index (χ1v) is 4.21. The van der Waals surface area contributed by atoms with Gasteiger partial charge < -0.3 is 5.84 Å². The summed E-state index contributed by atoms with van der Waals surface area (Å²) in [6.45, 7) is 0. The average molecular weight is 194 g/mol. The number of aromatic nitrogens is 2. The summed E-state index contributed by atoms with van der Waals surface area (Å²) < 4.78 is 0. The summed E-state index contributed by atoms with van der Waals surface area (Å²) in [7, 11) is 0. The molecule has 66 valence electrons. The fourth-order valence-electron chi connectivity index (χ4n) is 1.21. The standard InChI is InChI=1S/C9H8ClN3/c10-8-6-12-13(11)9(8)7-4-2-1-3-5-7/h1-6H,11H2. The van der Waals surface area contributed by atoms with Gasteiger partial charge in [0.25, 0.3) is 0 Å². The van der Waals surface area contributed by atoms with Crippen molar-refractivity contribution in [3.05, 3.63) is 41.6 Å². The highest BCUT2D eigenvalue weighted by Gasteiger charge is 2.08. The fraction of sp³-hybridized carbons (Fsp3) is 0. The van der Waals surface area contributed by atoms with Crippen LogP contribution in [0.15, 0.2) is 36.5 Å². The highest BCUT2D eigenvalue weighted by Crippen LogP contribution is 2.25. The molecule has 0 atom stereocenters. The molecule has 0 aliphatic carbocycles. The molecule has 0 spiro atoms. The van der Waals surface area contributed by atoms with Gasteiger partial charge in [0, 0.05) is 5.56 Å². The third-order valence-corrected chi connectivity index (χ3v) is 2.07. The van der Waals surface area contributed by atoms with Crippen LogP contribution in [0.25, 0.3) is 11.3 Å². The van der Waals surface area contributed by atoms with E-state index in [2.05, 4.69) is 5.10 Å².